The molecular formula is C12H17BrN2OS. The maximum Gasteiger partial charge on any atom is 0.263 e. The molecule has 0 aliphatic heterocycles. The SMILES string of the molecule is Cc1ncc(C(=O)NC2CCCCCC2Br)s1. The lowest BCUT2D eigenvalue weighted by Crippen LogP contribution is -2.40. The fraction of sp³-hybridized carbons (Fsp3) is 0.667. The number of carbonyl (C=O) groups is 1. The van der Waals surface area contributed by atoms with Crippen LogP contribution in [0.3, 0.4) is 0 Å². The van der Waals surface area contributed by atoms with Gasteiger partial charge in [0.1, 0.15) is 4.88 Å². The number of carbonyl (C=O) groups excluding carboxylic acids is 1. The van der Waals surface area contributed by atoms with Gasteiger partial charge < -0.3 is 5.32 Å². The summed E-state index contributed by atoms with van der Waals surface area (Å²) in [6.07, 6.45) is 7.60. The van der Waals surface area contributed by atoms with E-state index in [1.54, 1.807) is 6.20 Å². The van der Waals surface area contributed by atoms with Gasteiger partial charge in [0, 0.05) is 10.9 Å². The lowest BCUT2D eigenvalue weighted by Gasteiger charge is -2.20. The Balaban J connectivity index is 1.97. The summed E-state index contributed by atoms with van der Waals surface area (Å²) in [5, 5.41) is 4.06. The number of aromatic nitrogens is 1. The highest BCUT2D eigenvalue weighted by molar-refractivity contribution is 9.09. The van der Waals surface area contributed by atoms with Crippen molar-refractivity contribution < 1.29 is 4.79 Å². The van der Waals surface area contributed by atoms with Crippen molar-refractivity contribution in [2.75, 3.05) is 0 Å². The lowest BCUT2D eigenvalue weighted by atomic mass is 10.1. The van der Waals surface area contributed by atoms with Crippen LogP contribution in [0.1, 0.15) is 46.8 Å². The lowest BCUT2D eigenvalue weighted by molar-refractivity contribution is 0.0939. The molecule has 2 unspecified atom stereocenters. The molecule has 1 saturated carbocycles. The standard InChI is InChI=1S/C12H17BrN2OS/c1-8-14-7-11(17-8)12(16)15-10-6-4-2-3-5-9(10)13/h7,9-10H,2-6H2,1H3,(H,15,16). The molecule has 2 atom stereocenters. The Hall–Kier alpha value is -0.420. The van der Waals surface area contributed by atoms with Gasteiger partial charge in [0.15, 0.2) is 0 Å². The van der Waals surface area contributed by atoms with Crippen LogP contribution in [-0.4, -0.2) is 21.8 Å². The van der Waals surface area contributed by atoms with Gasteiger partial charge in [0.2, 0.25) is 0 Å². The highest BCUT2D eigenvalue weighted by atomic mass is 79.9. The average molecular weight is 317 g/mol. The van der Waals surface area contributed by atoms with E-state index in [4.69, 9.17) is 0 Å². The molecule has 1 N–H and O–H groups in total. The van der Waals surface area contributed by atoms with Crippen LogP contribution in [0.25, 0.3) is 0 Å². The number of halogens is 1. The second-order valence-electron chi connectivity index (χ2n) is 4.48. The third-order valence-corrected chi connectivity index (χ3v) is 5.10. The van der Waals surface area contributed by atoms with Gasteiger partial charge in [-0.1, -0.05) is 35.2 Å². The highest BCUT2D eigenvalue weighted by Crippen LogP contribution is 2.24. The first-order valence-corrected chi connectivity index (χ1v) is 7.77. The number of thiazole rings is 1. The number of hydrogen-bond acceptors (Lipinski definition) is 3. The molecular weight excluding hydrogens is 300 g/mol. The monoisotopic (exact) mass is 316 g/mol. The topological polar surface area (TPSA) is 42.0 Å². The fourth-order valence-corrected chi connectivity index (χ4v) is 3.53. The van der Waals surface area contributed by atoms with E-state index in [1.807, 2.05) is 6.92 Å². The Kier molecular flexibility index (Phi) is 4.56. The smallest absolute Gasteiger partial charge is 0.263 e. The van der Waals surface area contributed by atoms with Crippen molar-refractivity contribution in [3.63, 3.8) is 0 Å². The van der Waals surface area contributed by atoms with Gasteiger partial charge in [-0.05, 0) is 19.8 Å². The van der Waals surface area contributed by atoms with Crippen LogP contribution in [0, 0.1) is 6.92 Å². The molecule has 1 amide bonds. The molecule has 1 aromatic rings. The molecule has 1 heterocycles. The molecule has 2 rings (SSSR count). The van der Waals surface area contributed by atoms with Gasteiger partial charge >= 0.3 is 0 Å². The minimum absolute atomic E-state index is 0.0203. The van der Waals surface area contributed by atoms with E-state index in [0.29, 0.717) is 9.70 Å². The Morgan fingerprint density at radius 3 is 2.94 bits per heavy atom. The summed E-state index contributed by atoms with van der Waals surface area (Å²) in [5.74, 6) is 0.0203. The molecule has 1 aliphatic carbocycles. The van der Waals surface area contributed by atoms with Crippen molar-refractivity contribution in [2.45, 2.75) is 49.9 Å². The second-order valence-corrected chi connectivity index (χ2v) is 6.89. The van der Waals surface area contributed by atoms with Crippen molar-refractivity contribution in [1.29, 1.82) is 0 Å². The van der Waals surface area contributed by atoms with Gasteiger partial charge in [0.05, 0.1) is 11.2 Å². The first-order valence-electron chi connectivity index (χ1n) is 6.04. The van der Waals surface area contributed by atoms with Gasteiger partial charge in [-0.25, -0.2) is 4.98 Å². The highest BCUT2D eigenvalue weighted by Gasteiger charge is 2.23. The largest absolute Gasteiger partial charge is 0.347 e. The van der Waals surface area contributed by atoms with E-state index < -0.39 is 0 Å². The minimum Gasteiger partial charge on any atom is -0.347 e. The Labute approximate surface area is 114 Å². The van der Waals surface area contributed by atoms with Crippen molar-refractivity contribution in [3.05, 3.63) is 16.1 Å². The van der Waals surface area contributed by atoms with E-state index in [2.05, 4.69) is 26.2 Å². The quantitative estimate of drug-likeness (QED) is 0.672. The van der Waals surface area contributed by atoms with Crippen LogP contribution in [0.2, 0.25) is 0 Å². The van der Waals surface area contributed by atoms with Crippen molar-refractivity contribution >= 4 is 33.2 Å². The number of hydrogen-bond donors (Lipinski definition) is 1. The van der Waals surface area contributed by atoms with Gasteiger partial charge in [-0.3, -0.25) is 4.79 Å². The van der Waals surface area contributed by atoms with Crippen LogP contribution >= 0.6 is 27.3 Å². The molecule has 3 nitrogen and oxygen atoms in total. The van der Waals surface area contributed by atoms with Crippen LogP contribution in [0.15, 0.2) is 6.20 Å². The summed E-state index contributed by atoms with van der Waals surface area (Å²) in [4.78, 5) is 17.3. The van der Waals surface area contributed by atoms with E-state index >= 15 is 0 Å². The van der Waals surface area contributed by atoms with E-state index in [9.17, 15) is 4.79 Å². The third-order valence-electron chi connectivity index (χ3n) is 3.09. The molecule has 0 bridgehead atoms. The molecule has 0 aromatic carbocycles. The summed E-state index contributed by atoms with van der Waals surface area (Å²) in [6, 6.07) is 0.257. The number of rotatable bonds is 2. The molecule has 94 valence electrons. The second kappa shape index (κ2) is 5.96. The molecule has 0 saturated heterocycles. The molecule has 1 aromatic heterocycles. The van der Waals surface area contributed by atoms with Crippen LogP contribution in [0.4, 0.5) is 0 Å². The molecule has 1 fully saturated rings. The zero-order valence-electron chi connectivity index (χ0n) is 9.91. The number of nitrogens with one attached hydrogen (secondary N) is 1. The van der Waals surface area contributed by atoms with E-state index in [0.717, 1.165) is 17.8 Å². The Morgan fingerprint density at radius 2 is 2.24 bits per heavy atom. The molecule has 5 heteroatoms. The third kappa shape index (κ3) is 3.52. The number of amides is 1. The van der Waals surface area contributed by atoms with Crippen molar-refractivity contribution in [1.82, 2.24) is 10.3 Å². The fourth-order valence-electron chi connectivity index (χ4n) is 2.13. The number of nitrogens with zero attached hydrogens (tertiary/aromatic N) is 1. The average Bonchev–Trinajstić information content (AvgIpc) is 2.63. The maximum absolute atomic E-state index is 12.0. The predicted octanol–water partition coefficient (Wildman–Crippen LogP) is 3.28. The summed E-state index contributed by atoms with van der Waals surface area (Å²) < 4.78 is 0. The Morgan fingerprint density at radius 1 is 1.47 bits per heavy atom. The zero-order chi connectivity index (χ0) is 12.3. The van der Waals surface area contributed by atoms with Crippen molar-refractivity contribution in [2.24, 2.45) is 0 Å². The molecule has 0 radical (unpaired) electrons. The van der Waals surface area contributed by atoms with Crippen LogP contribution < -0.4 is 5.32 Å². The summed E-state index contributed by atoms with van der Waals surface area (Å²) in [6.45, 7) is 1.92. The van der Waals surface area contributed by atoms with E-state index in [-0.39, 0.29) is 11.9 Å². The normalized spacial score (nSPS) is 25.3. The molecule has 1 aliphatic rings. The summed E-state index contributed by atoms with van der Waals surface area (Å²) >= 11 is 5.14. The molecule has 17 heavy (non-hydrogen) atoms. The Bertz CT molecular complexity index is 394. The number of aryl methyl sites for hydroxylation is 1. The predicted molar refractivity (Wildman–Crippen MR) is 73.9 cm³/mol. The maximum atomic E-state index is 12.0. The first-order chi connectivity index (χ1) is 8.16. The summed E-state index contributed by atoms with van der Waals surface area (Å²) in [7, 11) is 0. The van der Waals surface area contributed by atoms with Gasteiger partial charge in [-0.15, -0.1) is 11.3 Å². The minimum atomic E-state index is 0.0203. The van der Waals surface area contributed by atoms with Crippen LogP contribution in [0.5, 0.6) is 0 Å². The zero-order valence-corrected chi connectivity index (χ0v) is 12.3. The molecule has 0 spiro atoms. The number of alkyl halides is 1. The van der Waals surface area contributed by atoms with E-state index in [1.165, 1.54) is 30.6 Å². The van der Waals surface area contributed by atoms with Gasteiger partial charge in [0.25, 0.3) is 5.91 Å². The van der Waals surface area contributed by atoms with Crippen LogP contribution in [-0.2, 0) is 0 Å². The first kappa shape index (κ1) is 13.0. The van der Waals surface area contributed by atoms with Crippen molar-refractivity contribution in [3.8, 4) is 0 Å². The van der Waals surface area contributed by atoms with Gasteiger partial charge in [-0.2, -0.15) is 0 Å². The summed E-state index contributed by atoms with van der Waals surface area (Å²) in [5.41, 5.74) is 0.